The smallest absolute Gasteiger partial charge is 0.350 e. The molecule has 1 unspecified atom stereocenters. The Labute approximate surface area is 72.2 Å². The average molecular weight is 219 g/mol. The molecule has 0 fully saturated rings. The lowest BCUT2D eigenvalue weighted by molar-refractivity contribution is -0.139. The number of sulfonamides is 1. The van der Waals surface area contributed by atoms with Gasteiger partial charge >= 0.3 is 11.7 Å². The fraction of sp³-hybridized carbons (Fsp3) is 0.750. The number of aliphatic carboxylic acids is 1. The predicted octanol–water partition coefficient (Wildman–Crippen LogP) is -1.43. The van der Waals surface area contributed by atoms with Crippen LogP contribution in [0.15, 0.2) is 0 Å². The summed E-state index contributed by atoms with van der Waals surface area (Å²) in [7, 11) is -4.98. The highest BCUT2D eigenvalue weighted by Gasteiger charge is 2.30. The van der Waals surface area contributed by atoms with Crippen LogP contribution in [-0.2, 0) is 14.8 Å². The molecule has 0 aromatic heterocycles. The van der Waals surface area contributed by atoms with Crippen molar-refractivity contribution in [2.75, 3.05) is 6.61 Å². The Morgan fingerprint density at radius 2 is 1.92 bits per heavy atom. The molecule has 0 heterocycles. The standard InChI is InChI=1S/C4H7F2NO5S/c5-4(6)13(11,12)7-2(1-8)3(9)10/h2,4,7-8H,1H2,(H,9,10). The van der Waals surface area contributed by atoms with Crippen molar-refractivity contribution < 1.29 is 32.2 Å². The number of hydrogen-bond acceptors (Lipinski definition) is 4. The number of alkyl halides is 2. The first kappa shape index (κ1) is 12.2. The zero-order valence-electron chi connectivity index (χ0n) is 6.15. The van der Waals surface area contributed by atoms with Crippen molar-refractivity contribution in [1.29, 1.82) is 0 Å². The van der Waals surface area contributed by atoms with Crippen molar-refractivity contribution in [3.8, 4) is 0 Å². The van der Waals surface area contributed by atoms with E-state index in [9.17, 15) is 22.0 Å². The Kier molecular flexibility index (Phi) is 4.17. The van der Waals surface area contributed by atoms with E-state index in [0.717, 1.165) is 4.72 Å². The van der Waals surface area contributed by atoms with Gasteiger partial charge in [-0.1, -0.05) is 0 Å². The Balaban J connectivity index is 4.50. The molecule has 0 saturated heterocycles. The molecule has 0 aromatic rings. The topological polar surface area (TPSA) is 104 Å². The van der Waals surface area contributed by atoms with Crippen molar-refractivity contribution in [2.24, 2.45) is 0 Å². The van der Waals surface area contributed by atoms with Crippen LogP contribution in [0, 0.1) is 0 Å². The molecule has 0 aliphatic rings. The molecule has 1 atom stereocenters. The second-order valence-corrected chi connectivity index (χ2v) is 3.68. The number of carboxylic acids is 1. The monoisotopic (exact) mass is 219 g/mol. The fourth-order valence-electron chi connectivity index (χ4n) is 0.415. The zero-order chi connectivity index (χ0) is 10.6. The number of carbonyl (C=O) groups is 1. The third-order valence-corrected chi connectivity index (χ3v) is 2.10. The second-order valence-electron chi connectivity index (χ2n) is 2.00. The first-order valence-corrected chi connectivity index (χ1v) is 4.49. The normalized spacial score (nSPS) is 14.5. The second kappa shape index (κ2) is 4.44. The highest BCUT2D eigenvalue weighted by Crippen LogP contribution is 2.02. The van der Waals surface area contributed by atoms with Gasteiger partial charge in [0.15, 0.2) is 0 Å². The van der Waals surface area contributed by atoms with Gasteiger partial charge in [-0.3, -0.25) is 4.79 Å². The minimum absolute atomic E-state index is 1.10. The maximum Gasteiger partial charge on any atom is 0.350 e. The van der Waals surface area contributed by atoms with Crippen LogP contribution in [0.1, 0.15) is 0 Å². The van der Waals surface area contributed by atoms with Crippen LogP contribution in [0.3, 0.4) is 0 Å². The number of rotatable bonds is 5. The van der Waals surface area contributed by atoms with Gasteiger partial charge in [-0.2, -0.15) is 13.5 Å². The molecule has 9 heteroatoms. The summed E-state index contributed by atoms with van der Waals surface area (Å²) in [6.45, 7) is -1.10. The summed E-state index contributed by atoms with van der Waals surface area (Å²) in [5.74, 6) is -5.45. The molecule has 0 aromatic carbocycles. The van der Waals surface area contributed by atoms with Crippen LogP contribution in [0.25, 0.3) is 0 Å². The van der Waals surface area contributed by atoms with E-state index in [2.05, 4.69) is 0 Å². The van der Waals surface area contributed by atoms with E-state index in [0.29, 0.717) is 0 Å². The Hall–Kier alpha value is -0.800. The lowest BCUT2D eigenvalue weighted by Crippen LogP contribution is -2.45. The number of halogens is 2. The van der Waals surface area contributed by atoms with Gasteiger partial charge in [0.1, 0.15) is 6.04 Å². The first-order chi connectivity index (χ1) is 5.81. The van der Waals surface area contributed by atoms with Gasteiger partial charge in [0.05, 0.1) is 6.61 Å². The summed E-state index contributed by atoms with van der Waals surface area (Å²) < 4.78 is 45.1. The van der Waals surface area contributed by atoms with Gasteiger partial charge in [0.2, 0.25) is 0 Å². The van der Waals surface area contributed by atoms with Crippen LogP contribution in [0.2, 0.25) is 0 Å². The molecule has 0 radical (unpaired) electrons. The molecule has 0 aliphatic carbocycles. The molecule has 0 spiro atoms. The van der Waals surface area contributed by atoms with Crippen molar-refractivity contribution in [3.05, 3.63) is 0 Å². The predicted molar refractivity (Wildman–Crippen MR) is 36.6 cm³/mol. The minimum atomic E-state index is -4.98. The lowest BCUT2D eigenvalue weighted by atomic mass is 10.3. The maximum absolute atomic E-state index is 11.6. The van der Waals surface area contributed by atoms with E-state index >= 15 is 0 Å². The number of nitrogens with one attached hydrogen (secondary N) is 1. The third-order valence-electron chi connectivity index (χ3n) is 1.02. The van der Waals surface area contributed by atoms with Gasteiger partial charge < -0.3 is 10.2 Å². The van der Waals surface area contributed by atoms with Crippen molar-refractivity contribution in [1.82, 2.24) is 4.72 Å². The highest BCUT2D eigenvalue weighted by atomic mass is 32.2. The molecule has 0 bridgehead atoms. The molecule has 0 amide bonds. The summed E-state index contributed by atoms with van der Waals surface area (Å²) in [6.07, 6.45) is 0. The molecule has 0 rings (SSSR count). The molecule has 3 N–H and O–H groups in total. The summed E-state index contributed by atoms with van der Waals surface area (Å²) in [4.78, 5) is 10.1. The van der Waals surface area contributed by atoms with Gasteiger partial charge in [0.25, 0.3) is 10.0 Å². The number of aliphatic hydroxyl groups excluding tert-OH is 1. The molecule has 0 aliphatic heterocycles. The Morgan fingerprint density at radius 3 is 2.15 bits per heavy atom. The van der Waals surface area contributed by atoms with E-state index < -0.39 is 34.4 Å². The minimum Gasteiger partial charge on any atom is -0.480 e. The van der Waals surface area contributed by atoms with Crippen LogP contribution in [-0.4, -0.2) is 43.0 Å². The van der Waals surface area contributed by atoms with Gasteiger partial charge in [-0.15, -0.1) is 0 Å². The van der Waals surface area contributed by atoms with Crippen LogP contribution < -0.4 is 4.72 Å². The summed E-state index contributed by atoms with van der Waals surface area (Å²) in [5.41, 5.74) is 0. The van der Waals surface area contributed by atoms with Crippen LogP contribution in [0.5, 0.6) is 0 Å². The van der Waals surface area contributed by atoms with Gasteiger partial charge in [0, 0.05) is 0 Å². The van der Waals surface area contributed by atoms with Gasteiger partial charge in [-0.25, -0.2) is 8.42 Å². The van der Waals surface area contributed by atoms with E-state index in [4.69, 9.17) is 10.2 Å². The summed E-state index contributed by atoms with van der Waals surface area (Å²) in [5, 5.41) is 16.5. The maximum atomic E-state index is 11.6. The molecular formula is C4H7F2NO5S. The summed E-state index contributed by atoms with van der Waals surface area (Å²) in [6, 6.07) is -1.95. The Bertz CT molecular complexity index is 276. The fourth-order valence-corrected chi connectivity index (χ4v) is 1.09. The van der Waals surface area contributed by atoms with E-state index in [1.54, 1.807) is 0 Å². The van der Waals surface area contributed by atoms with Crippen molar-refractivity contribution >= 4 is 16.0 Å². The van der Waals surface area contributed by atoms with Gasteiger partial charge in [-0.05, 0) is 0 Å². The van der Waals surface area contributed by atoms with Crippen molar-refractivity contribution in [3.63, 3.8) is 0 Å². The van der Waals surface area contributed by atoms with E-state index in [1.165, 1.54) is 0 Å². The molecular weight excluding hydrogens is 212 g/mol. The average Bonchev–Trinajstić information content (AvgIpc) is 1.99. The lowest BCUT2D eigenvalue weighted by Gasteiger charge is -2.10. The quantitative estimate of drug-likeness (QED) is 0.526. The molecule has 13 heavy (non-hydrogen) atoms. The van der Waals surface area contributed by atoms with Crippen LogP contribution in [0.4, 0.5) is 8.78 Å². The van der Waals surface area contributed by atoms with E-state index in [1.807, 2.05) is 0 Å². The molecule has 0 saturated carbocycles. The Morgan fingerprint density at radius 1 is 1.46 bits per heavy atom. The molecule has 6 nitrogen and oxygen atoms in total. The molecule has 78 valence electrons. The van der Waals surface area contributed by atoms with Crippen molar-refractivity contribution in [2.45, 2.75) is 11.8 Å². The van der Waals surface area contributed by atoms with E-state index in [-0.39, 0.29) is 0 Å². The number of hydrogen-bond donors (Lipinski definition) is 3. The summed E-state index contributed by atoms with van der Waals surface area (Å²) >= 11 is 0. The van der Waals surface area contributed by atoms with Crippen LogP contribution >= 0.6 is 0 Å². The zero-order valence-corrected chi connectivity index (χ0v) is 6.96. The number of aliphatic hydroxyl groups is 1. The highest BCUT2D eigenvalue weighted by molar-refractivity contribution is 7.89. The largest absolute Gasteiger partial charge is 0.480 e. The first-order valence-electron chi connectivity index (χ1n) is 2.94. The SMILES string of the molecule is O=C(O)C(CO)NS(=O)(=O)C(F)F. The number of carboxylic acid groups (broad SMARTS) is 1. The third kappa shape index (κ3) is 3.61.